The number of amides is 3. The molecule has 102 valence electrons. The molecule has 0 aliphatic carbocycles. The number of rotatable bonds is 3. The van der Waals surface area contributed by atoms with Crippen molar-refractivity contribution in [3.63, 3.8) is 0 Å². The maximum absolute atomic E-state index is 12.2. The van der Waals surface area contributed by atoms with E-state index in [1.807, 2.05) is 0 Å². The second-order valence-corrected chi connectivity index (χ2v) is 4.66. The number of carbonyl (C=O) groups is 3. The van der Waals surface area contributed by atoms with Crippen molar-refractivity contribution in [1.82, 2.24) is 15.1 Å². The highest BCUT2D eigenvalue weighted by Gasteiger charge is 2.39. The summed E-state index contributed by atoms with van der Waals surface area (Å²) in [5.41, 5.74) is -1.29. The van der Waals surface area contributed by atoms with Crippen LogP contribution in [0.1, 0.15) is 20.8 Å². The van der Waals surface area contributed by atoms with E-state index in [9.17, 15) is 14.4 Å². The molecule has 0 aromatic heterocycles. The Morgan fingerprint density at radius 1 is 1.50 bits per heavy atom. The van der Waals surface area contributed by atoms with Crippen LogP contribution in [0.3, 0.4) is 0 Å². The minimum atomic E-state index is -1.29. The maximum Gasteiger partial charge on any atom is 0.329 e. The fraction of sp³-hybridized carbons (Fsp3) is 0.727. The van der Waals surface area contributed by atoms with E-state index in [1.54, 1.807) is 6.92 Å². The SMILES string of the molecule is CCN(C(=O)N1CCNC(=O)C1)C(C)(C)C(=O)O. The molecule has 1 aliphatic rings. The van der Waals surface area contributed by atoms with Crippen molar-refractivity contribution < 1.29 is 19.5 Å². The number of likely N-dealkylation sites (N-methyl/N-ethyl adjacent to an activating group) is 1. The number of carbonyl (C=O) groups excluding carboxylic acids is 2. The lowest BCUT2D eigenvalue weighted by Crippen LogP contribution is -2.60. The van der Waals surface area contributed by atoms with Gasteiger partial charge < -0.3 is 20.2 Å². The normalized spacial score (nSPS) is 16.2. The number of carboxylic acid groups (broad SMARTS) is 1. The monoisotopic (exact) mass is 257 g/mol. The van der Waals surface area contributed by atoms with Gasteiger partial charge in [-0.05, 0) is 20.8 Å². The first-order valence-electron chi connectivity index (χ1n) is 5.87. The number of carboxylic acids is 1. The van der Waals surface area contributed by atoms with E-state index in [4.69, 9.17) is 5.11 Å². The number of hydrogen-bond donors (Lipinski definition) is 2. The van der Waals surface area contributed by atoms with Crippen LogP contribution >= 0.6 is 0 Å². The minimum absolute atomic E-state index is 0.0228. The van der Waals surface area contributed by atoms with Crippen LogP contribution in [0.4, 0.5) is 4.79 Å². The van der Waals surface area contributed by atoms with Crippen LogP contribution in [0.2, 0.25) is 0 Å². The van der Waals surface area contributed by atoms with E-state index in [0.717, 1.165) is 0 Å². The zero-order valence-electron chi connectivity index (χ0n) is 10.9. The first kappa shape index (κ1) is 14.3. The standard InChI is InChI=1S/C11H19N3O4/c1-4-14(11(2,3)9(16)17)10(18)13-6-5-12-8(15)7-13/h4-7H2,1-3H3,(H,12,15)(H,16,17). The van der Waals surface area contributed by atoms with E-state index >= 15 is 0 Å². The summed E-state index contributed by atoms with van der Waals surface area (Å²) >= 11 is 0. The topological polar surface area (TPSA) is 90.0 Å². The van der Waals surface area contributed by atoms with Gasteiger partial charge in [0.05, 0.1) is 0 Å². The summed E-state index contributed by atoms with van der Waals surface area (Å²) in [7, 11) is 0. The van der Waals surface area contributed by atoms with Crippen molar-refractivity contribution in [2.24, 2.45) is 0 Å². The Labute approximate surface area is 106 Å². The zero-order valence-corrected chi connectivity index (χ0v) is 10.9. The highest BCUT2D eigenvalue weighted by atomic mass is 16.4. The van der Waals surface area contributed by atoms with E-state index in [0.29, 0.717) is 13.1 Å². The van der Waals surface area contributed by atoms with Gasteiger partial charge in [0.2, 0.25) is 5.91 Å². The van der Waals surface area contributed by atoms with E-state index in [1.165, 1.54) is 23.6 Å². The van der Waals surface area contributed by atoms with Crippen LogP contribution in [0.25, 0.3) is 0 Å². The average Bonchev–Trinajstić information content (AvgIpc) is 2.29. The molecule has 1 fully saturated rings. The second-order valence-electron chi connectivity index (χ2n) is 4.66. The molecule has 0 atom stereocenters. The summed E-state index contributed by atoms with van der Waals surface area (Å²) in [6.07, 6.45) is 0. The van der Waals surface area contributed by atoms with E-state index in [-0.39, 0.29) is 19.0 Å². The molecule has 0 spiro atoms. The largest absolute Gasteiger partial charge is 0.480 e. The second kappa shape index (κ2) is 5.24. The van der Waals surface area contributed by atoms with Crippen LogP contribution in [0.15, 0.2) is 0 Å². The summed E-state index contributed by atoms with van der Waals surface area (Å²) in [4.78, 5) is 37.3. The van der Waals surface area contributed by atoms with Gasteiger partial charge >= 0.3 is 12.0 Å². The fourth-order valence-corrected chi connectivity index (χ4v) is 1.86. The molecule has 0 unspecified atom stereocenters. The summed E-state index contributed by atoms with van der Waals surface area (Å²) in [6.45, 7) is 5.71. The van der Waals surface area contributed by atoms with Crippen LogP contribution in [-0.4, -0.2) is 64.5 Å². The third-order valence-corrected chi connectivity index (χ3v) is 3.05. The van der Waals surface area contributed by atoms with Gasteiger partial charge in [0.15, 0.2) is 0 Å². The molecule has 2 N–H and O–H groups in total. The molecule has 7 heteroatoms. The van der Waals surface area contributed by atoms with Crippen molar-refractivity contribution in [1.29, 1.82) is 0 Å². The van der Waals surface area contributed by atoms with Crippen molar-refractivity contribution in [2.75, 3.05) is 26.2 Å². The molecule has 18 heavy (non-hydrogen) atoms. The van der Waals surface area contributed by atoms with Gasteiger partial charge in [-0.25, -0.2) is 9.59 Å². The lowest BCUT2D eigenvalue weighted by atomic mass is 10.0. The smallest absolute Gasteiger partial charge is 0.329 e. The number of nitrogens with one attached hydrogen (secondary N) is 1. The molecule has 1 rings (SSSR count). The number of hydrogen-bond acceptors (Lipinski definition) is 3. The summed E-state index contributed by atoms with van der Waals surface area (Å²) in [5.74, 6) is -1.29. The molecule has 1 saturated heterocycles. The highest BCUT2D eigenvalue weighted by molar-refractivity contribution is 5.89. The molecule has 0 saturated carbocycles. The molecular weight excluding hydrogens is 238 g/mol. The predicted molar refractivity (Wildman–Crippen MR) is 64.1 cm³/mol. The molecule has 0 radical (unpaired) electrons. The van der Waals surface area contributed by atoms with Gasteiger partial charge in [0, 0.05) is 19.6 Å². The first-order chi connectivity index (χ1) is 8.30. The maximum atomic E-state index is 12.2. The van der Waals surface area contributed by atoms with Crippen molar-refractivity contribution in [2.45, 2.75) is 26.3 Å². The van der Waals surface area contributed by atoms with Gasteiger partial charge in [0.1, 0.15) is 12.1 Å². The van der Waals surface area contributed by atoms with Crippen LogP contribution in [0, 0.1) is 0 Å². The Kier molecular flexibility index (Phi) is 4.15. The van der Waals surface area contributed by atoms with Crippen molar-refractivity contribution >= 4 is 17.9 Å². The molecule has 0 aromatic carbocycles. The first-order valence-corrected chi connectivity index (χ1v) is 5.87. The Morgan fingerprint density at radius 2 is 2.11 bits per heavy atom. The molecule has 0 aromatic rings. The third kappa shape index (κ3) is 2.72. The average molecular weight is 257 g/mol. The Hall–Kier alpha value is -1.79. The van der Waals surface area contributed by atoms with E-state index in [2.05, 4.69) is 5.32 Å². The van der Waals surface area contributed by atoms with E-state index < -0.39 is 17.5 Å². The number of nitrogens with zero attached hydrogens (tertiary/aromatic N) is 2. The molecule has 0 bridgehead atoms. The zero-order chi connectivity index (χ0) is 13.9. The van der Waals surface area contributed by atoms with Gasteiger partial charge in [-0.1, -0.05) is 0 Å². The number of urea groups is 1. The van der Waals surface area contributed by atoms with Crippen molar-refractivity contribution in [3.05, 3.63) is 0 Å². The summed E-state index contributed by atoms with van der Waals surface area (Å²) in [6, 6.07) is -0.417. The Morgan fingerprint density at radius 3 is 2.56 bits per heavy atom. The molecule has 3 amide bonds. The third-order valence-electron chi connectivity index (χ3n) is 3.05. The Bertz CT molecular complexity index is 367. The van der Waals surface area contributed by atoms with Gasteiger partial charge in [0.25, 0.3) is 0 Å². The summed E-state index contributed by atoms with van der Waals surface area (Å²) in [5, 5.41) is 11.8. The summed E-state index contributed by atoms with van der Waals surface area (Å²) < 4.78 is 0. The van der Waals surface area contributed by atoms with Crippen LogP contribution in [0.5, 0.6) is 0 Å². The minimum Gasteiger partial charge on any atom is -0.480 e. The van der Waals surface area contributed by atoms with Gasteiger partial charge in [-0.3, -0.25) is 4.79 Å². The quantitative estimate of drug-likeness (QED) is 0.728. The fourth-order valence-electron chi connectivity index (χ4n) is 1.86. The molecule has 7 nitrogen and oxygen atoms in total. The predicted octanol–water partition coefficient (Wildman–Crippen LogP) is -0.277. The van der Waals surface area contributed by atoms with Crippen molar-refractivity contribution in [3.8, 4) is 0 Å². The number of aliphatic carboxylic acids is 1. The highest BCUT2D eigenvalue weighted by Crippen LogP contribution is 2.17. The lowest BCUT2D eigenvalue weighted by molar-refractivity contribution is -0.147. The molecular formula is C11H19N3O4. The molecule has 1 heterocycles. The number of piperazine rings is 1. The van der Waals surface area contributed by atoms with Crippen LogP contribution < -0.4 is 5.32 Å². The van der Waals surface area contributed by atoms with Gasteiger partial charge in [-0.15, -0.1) is 0 Å². The Balaban J connectivity index is 2.85. The van der Waals surface area contributed by atoms with Crippen LogP contribution in [-0.2, 0) is 9.59 Å². The molecule has 1 aliphatic heterocycles. The van der Waals surface area contributed by atoms with Gasteiger partial charge in [-0.2, -0.15) is 0 Å². The lowest BCUT2D eigenvalue weighted by Gasteiger charge is -2.39.